The summed E-state index contributed by atoms with van der Waals surface area (Å²) >= 11 is 0. The van der Waals surface area contributed by atoms with Gasteiger partial charge in [-0.25, -0.2) is 17.6 Å². The van der Waals surface area contributed by atoms with E-state index < -0.39 is 37.3 Å². The molecule has 0 amide bonds. The van der Waals surface area contributed by atoms with Crippen molar-refractivity contribution in [1.82, 2.24) is 15.2 Å². The molecule has 4 rings (SSSR count). The molecule has 2 N–H and O–H groups in total. The van der Waals surface area contributed by atoms with E-state index in [0.29, 0.717) is 31.6 Å². The molecule has 2 atom stereocenters. The van der Waals surface area contributed by atoms with Crippen LogP contribution in [0, 0.1) is 11.6 Å². The number of rotatable bonds is 10. The first-order valence-corrected chi connectivity index (χ1v) is 11.4. The third-order valence-corrected chi connectivity index (χ3v) is 6.23. The first kappa shape index (κ1) is 24.5. The summed E-state index contributed by atoms with van der Waals surface area (Å²) in [5.74, 6) is -1.71. The summed E-state index contributed by atoms with van der Waals surface area (Å²) in [6, 6.07) is 8.29. The molecule has 0 saturated heterocycles. The third kappa shape index (κ3) is 5.05. The minimum Gasteiger partial charge on any atom is -0.492 e. The first-order valence-electron chi connectivity index (χ1n) is 11.4. The van der Waals surface area contributed by atoms with Crippen molar-refractivity contribution >= 4 is 10.9 Å². The van der Waals surface area contributed by atoms with Gasteiger partial charge in [0, 0.05) is 46.9 Å². The van der Waals surface area contributed by atoms with Crippen LogP contribution in [-0.2, 0) is 6.42 Å². The SMILES string of the molecule is C[C@@H]1Cc2c([nH]c3ccccc23)[C@@H](c2c(F)cc(OCCNCCCF)cc2F)N1CC(F)F. The van der Waals surface area contributed by atoms with Gasteiger partial charge in [-0.15, -0.1) is 0 Å². The molecule has 184 valence electrons. The van der Waals surface area contributed by atoms with E-state index in [1.54, 1.807) is 6.92 Å². The number of nitrogens with one attached hydrogen (secondary N) is 2. The highest BCUT2D eigenvalue weighted by Gasteiger charge is 2.39. The molecule has 1 aromatic heterocycles. The molecular formula is C25H28F5N3O. The van der Waals surface area contributed by atoms with Crippen LogP contribution in [0.4, 0.5) is 22.0 Å². The van der Waals surface area contributed by atoms with E-state index >= 15 is 8.78 Å². The molecule has 1 aliphatic heterocycles. The smallest absolute Gasteiger partial charge is 0.251 e. The summed E-state index contributed by atoms with van der Waals surface area (Å²) in [6.45, 7) is 1.78. The molecule has 0 saturated carbocycles. The van der Waals surface area contributed by atoms with E-state index in [-0.39, 0.29) is 24.0 Å². The van der Waals surface area contributed by atoms with Crippen LogP contribution in [0.15, 0.2) is 36.4 Å². The largest absolute Gasteiger partial charge is 0.492 e. The number of alkyl halides is 3. The quantitative estimate of drug-likeness (QED) is 0.302. The fourth-order valence-corrected chi connectivity index (χ4v) is 4.73. The number of para-hydroxylation sites is 1. The lowest BCUT2D eigenvalue weighted by molar-refractivity contribution is 0.0437. The van der Waals surface area contributed by atoms with Gasteiger partial charge < -0.3 is 15.0 Å². The standard InChI is InChI=1S/C25H28F5N3O/c1-15-11-18-17-5-2-3-6-21(17)32-24(18)25(33(15)14-22(29)30)23-19(27)12-16(13-20(23)28)34-10-9-31-8-4-7-26/h2-3,5-6,12-13,15,22,25,31-32H,4,7-11,14H2,1H3/t15-,25-/m1/s1. The predicted molar refractivity (Wildman–Crippen MR) is 121 cm³/mol. The van der Waals surface area contributed by atoms with Gasteiger partial charge in [-0.2, -0.15) is 0 Å². The summed E-state index contributed by atoms with van der Waals surface area (Å²) in [6.07, 6.45) is -1.79. The van der Waals surface area contributed by atoms with Crippen molar-refractivity contribution in [3.8, 4) is 5.75 Å². The van der Waals surface area contributed by atoms with Crippen LogP contribution in [0.3, 0.4) is 0 Å². The van der Waals surface area contributed by atoms with Crippen molar-refractivity contribution in [2.24, 2.45) is 0 Å². The molecule has 0 unspecified atom stereocenters. The summed E-state index contributed by atoms with van der Waals surface area (Å²) in [5.41, 5.74) is 1.93. The second-order valence-electron chi connectivity index (χ2n) is 8.55. The molecule has 2 aromatic carbocycles. The number of H-pyrrole nitrogens is 1. The van der Waals surface area contributed by atoms with Crippen molar-refractivity contribution in [3.05, 3.63) is 64.9 Å². The summed E-state index contributed by atoms with van der Waals surface area (Å²) < 4.78 is 75.3. The minimum absolute atomic E-state index is 0.00665. The van der Waals surface area contributed by atoms with Crippen LogP contribution >= 0.6 is 0 Å². The topological polar surface area (TPSA) is 40.3 Å². The van der Waals surface area contributed by atoms with Crippen LogP contribution in [0.2, 0.25) is 0 Å². The Morgan fingerprint density at radius 3 is 2.59 bits per heavy atom. The van der Waals surface area contributed by atoms with Crippen molar-refractivity contribution in [2.75, 3.05) is 32.9 Å². The normalized spacial score (nSPS) is 18.6. The zero-order chi connectivity index (χ0) is 24.2. The highest BCUT2D eigenvalue weighted by molar-refractivity contribution is 5.85. The number of aromatic amines is 1. The van der Waals surface area contributed by atoms with E-state index in [2.05, 4.69) is 10.3 Å². The van der Waals surface area contributed by atoms with Gasteiger partial charge in [0.2, 0.25) is 0 Å². The van der Waals surface area contributed by atoms with Crippen molar-refractivity contribution in [3.63, 3.8) is 0 Å². The molecule has 0 spiro atoms. The van der Waals surface area contributed by atoms with Gasteiger partial charge in [-0.3, -0.25) is 9.29 Å². The molecule has 0 bridgehead atoms. The van der Waals surface area contributed by atoms with E-state index in [9.17, 15) is 13.2 Å². The van der Waals surface area contributed by atoms with Gasteiger partial charge >= 0.3 is 0 Å². The summed E-state index contributed by atoms with van der Waals surface area (Å²) in [5, 5.41) is 3.89. The average molecular weight is 482 g/mol. The lowest BCUT2D eigenvalue weighted by Crippen LogP contribution is -2.45. The van der Waals surface area contributed by atoms with Crippen LogP contribution in [0.5, 0.6) is 5.75 Å². The van der Waals surface area contributed by atoms with Crippen molar-refractivity contribution in [1.29, 1.82) is 0 Å². The van der Waals surface area contributed by atoms with E-state index in [0.717, 1.165) is 28.6 Å². The fourth-order valence-electron chi connectivity index (χ4n) is 4.73. The average Bonchev–Trinajstić information content (AvgIpc) is 3.15. The number of hydrogen-bond donors (Lipinski definition) is 2. The highest BCUT2D eigenvalue weighted by atomic mass is 19.3. The van der Waals surface area contributed by atoms with Crippen LogP contribution in [-0.4, -0.2) is 55.3 Å². The molecule has 0 fully saturated rings. The Labute approximate surface area is 195 Å². The maximum absolute atomic E-state index is 15.4. The number of hydrogen-bond acceptors (Lipinski definition) is 3. The number of fused-ring (bicyclic) bond motifs is 3. The first-order chi connectivity index (χ1) is 16.4. The lowest BCUT2D eigenvalue weighted by atomic mass is 9.88. The minimum atomic E-state index is -2.66. The Bertz CT molecular complexity index is 1100. The number of benzene rings is 2. The lowest BCUT2D eigenvalue weighted by Gasteiger charge is -2.40. The monoisotopic (exact) mass is 481 g/mol. The van der Waals surface area contributed by atoms with Gasteiger partial charge in [0.25, 0.3) is 6.43 Å². The Morgan fingerprint density at radius 2 is 1.88 bits per heavy atom. The molecule has 0 aliphatic carbocycles. The zero-order valence-corrected chi connectivity index (χ0v) is 18.9. The molecule has 3 aromatic rings. The Hall–Kier alpha value is -2.65. The maximum atomic E-state index is 15.4. The third-order valence-electron chi connectivity index (χ3n) is 6.23. The van der Waals surface area contributed by atoms with Crippen LogP contribution in [0.1, 0.15) is 36.2 Å². The molecule has 1 aliphatic rings. The second kappa shape index (κ2) is 10.7. The predicted octanol–water partition coefficient (Wildman–Crippen LogP) is 5.38. The van der Waals surface area contributed by atoms with Gasteiger partial charge in [0.1, 0.15) is 24.0 Å². The van der Waals surface area contributed by atoms with E-state index in [1.165, 1.54) is 4.90 Å². The molecule has 0 radical (unpaired) electrons. The number of ether oxygens (including phenoxy) is 1. The number of halogens is 5. The maximum Gasteiger partial charge on any atom is 0.251 e. The van der Waals surface area contributed by atoms with Crippen LogP contribution in [0.25, 0.3) is 10.9 Å². The van der Waals surface area contributed by atoms with Crippen molar-refractivity contribution in [2.45, 2.75) is 38.3 Å². The number of nitrogens with zero attached hydrogens (tertiary/aromatic N) is 1. The van der Waals surface area contributed by atoms with Gasteiger partial charge in [-0.05, 0) is 37.9 Å². The van der Waals surface area contributed by atoms with Crippen LogP contribution < -0.4 is 10.1 Å². The summed E-state index contributed by atoms with van der Waals surface area (Å²) in [7, 11) is 0. The van der Waals surface area contributed by atoms with Crippen molar-refractivity contribution < 1.29 is 26.7 Å². The molecule has 4 nitrogen and oxygen atoms in total. The van der Waals surface area contributed by atoms with E-state index in [4.69, 9.17) is 4.74 Å². The van der Waals surface area contributed by atoms with Gasteiger partial charge in [-0.1, -0.05) is 18.2 Å². The highest BCUT2D eigenvalue weighted by Crippen LogP contribution is 2.43. The molecule has 9 heteroatoms. The summed E-state index contributed by atoms with van der Waals surface area (Å²) in [4.78, 5) is 4.69. The number of aromatic nitrogens is 1. The molecular weight excluding hydrogens is 453 g/mol. The van der Waals surface area contributed by atoms with Gasteiger partial charge in [0.15, 0.2) is 0 Å². The Balaban J connectivity index is 1.68. The van der Waals surface area contributed by atoms with Gasteiger partial charge in [0.05, 0.1) is 19.3 Å². The van der Waals surface area contributed by atoms with E-state index in [1.807, 2.05) is 24.3 Å². The molecule has 2 heterocycles. The Morgan fingerprint density at radius 1 is 1.15 bits per heavy atom. The molecule has 34 heavy (non-hydrogen) atoms. The fraction of sp³-hybridized carbons (Fsp3) is 0.440. The Kier molecular flexibility index (Phi) is 7.73. The zero-order valence-electron chi connectivity index (χ0n) is 18.9. The second-order valence-corrected chi connectivity index (χ2v) is 8.55.